The van der Waals surface area contributed by atoms with Crippen molar-refractivity contribution in [3.63, 3.8) is 0 Å². The number of carbonyl (C=O) groups excluding carboxylic acids is 1. The summed E-state index contributed by atoms with van der Waals surface area (Å²) >= 11 is 3.34. The molecule has 1 N–H and O–H groups in total. The number of cyclic esters (lactones) is 1. The standard InChI is InChI=1S/C5H8BrNO2/c1-3-4(6)2-7-5(8)9-3/h3-4H,2H2,1H3,(H,7,8). The van der Waals surface area contributed by atoms with Crippen LogP contribution in [0.4, 0.5) is 4.79 Å². The fourth-order valence-electron chi connectivity index (χ4n) is 0.631. The van der Waals surface area contributed by atoms with Crippen LogP contribution in [0.15, 0.2) is 0 Å². The number of amides is 1. The van der Waals surface area contributed by atoms with E-state index in [0.717, 1.165) is 0 Å². The topological polar surface area (TPSA) is 38.3 Å². The Morgan fingerprint density at radius 3 is 3.00 bits per heavy atom. The van der Waals surface area contributed by atoms with Crippen LogP contribution in [-0.2, 0) is 4.74 Å². The van der Waals surface area contributed by atoms with E-state index in [0.29, 0.717) is 6.54 Å². The molecule has 2 unspecified atom stereocenters. The molecule has 0 spiro atoms. The van der Waals surface area contributed by atoms with E-state index >= 15 is 0 Å². The normalized spacial score (nSPS) is 35.1. The van der Waals surface area contributed by atoms with Gasteiger partial charge in [-0.25, -0.2) is 4.79 Å². The second-order valence-corrected chi connectivity index (χ2v) is 3.18. The number of hydrogen-bond acceptors (Lipinski definition) is 2. The van der Waals surface area contributed by atoms with Crippen molar-refractivity contribution in [2.45, 2.75) is 17.9 Å². The largest absolute Gasteiger partial charge is 0.445 e. The lowest BCUT2D eigenvalue weighted by atomic mass is 10.2. The fraction of sp³-hybridized carbons (Fsp3) is 0.800. The van der Waals surface area contributed by atoms with Gasteiger partial charge in [-0.05, 0) is 6.92 Å². The van der Waals surface area contributed by atoms with Gasteiger partial charge >= 0.3 is 6.09 Å². The van der Waals surface area contributed by atoms with Crippen molar-refractivity contribution < 1.29 is 9.53 Å². The van der Waals surface area contributed by atoms with Crippen LogP contribution >= 0.6 is 15.9 Å². The Labute approximate surface area is 61.9 Å². The molecule has 0 saturated carbocycles. The van der Waals surface area contributed by atoms with Crippen LogP contribution in [0, 0.1) is 0 Å². The molecule has 1 saturated heterocycles. The fourth-order valence-corrected chi connectivity index (χ4v) is 0.901. The molecule has 1 amide bonds. The van der Waals surface area contributed by atoms with Gasteiger partial charge in [-0.3, -0.25) is 0 Å². The lowest BCUT2D eigenvalue weighted by molar-refractivity contribution is 0.0889. The van der Waals surface area contributed by atoms with Gasteiger partial charge in [0.1, 0.15) is 6.10 Å². The van der Waals surface area contributed by atoms with E-state index < -0.39 is 0 Å². The first kappa shape index (κ1) is 6.86. The SMILES string of the molecule is CC1OC(=O)NCC1Br. The van der Waals surface area contributed by atoms with Crippen molar-refractivity contribution in [2.75, 3.05) is 6.54 Å². The smallest absolute Gasteiger partial charge is 0.407 e. The van der Waals surface area contributed by atoms with Crippen LogP contribution in [0.25, 0.3) is 0 Å². The molecule has 9 heavy (non-hydrogen) atoms. The lowest BCUT2D eigenvalue weighted by Crippen LogP contribution is -2.44. The first-order valence-electron chi connectivity index (χ1n) is 2.78. The minimum Gasteiger partial charge on any atom is -0.445 e. The lowest BCUT2D eigenvalue weighted by Gasteiger charge is -2.24. The zero-order valence-corrected chi connectivity index (χ0v) is 6.64. The third-order valence-corrected chi connectivity index (χ3v) is 2.31. The maximum Gasteiger partial charge on any atom is 0.407 e. The number of rotatable bonds is 0. The molecule has 1 aliphatic rings. The summed E-state index contributed by atoms with van der Waals surface area (Å²) in [5.74, 6) is 0. The summed E-state index contributed by atoms with van der Waals surface area (Å²) in [6.45, 7) is 2.51. The Bertz CT molecular complexity index is 128. The van der Waals surface area contributed by atoms with Gasteiger partial charge in [-0.2, -0.15) is 0 Å². The van der Waals surface area contributed by atoms with E-state index in [2.05, 4.69) is 21.2 Å². The Balaban J connectivity index is 2.44. The maximum atomic E-state index is 10.5. The Kier molecular flexibility index (Phi) is 1.95. The number of nitrogens with one attached hydrogen (secondary N) is 1. The molecule has 0 aromatic rings. The minimum atomic E-state index is -0.321. The maximum absolute atomic E-state index is 10.5. The van der Waals surface area contributed by atoms with Gasteiger partial charge in [0.25, 0.3) is 0 Å². The average molecular weight is 194 g/mol. The Morgan fingerprint density at radius 2 is 2.56 bits per heavy atom. The molecule has 2 atom stereocenters. The summed E-state index contributed by atoms with van der Waals surface area (Å²) < 4.78 is 4.80. The van der Waals surface area contributed by atoms with E-state index in [4.69, 9.17) is 4.74 Å². The third-order valence-electron chi connectivity index (χ3n) is 1.24. The highest BCUT2D eigenvalue weighted by Crippen LogP contribution is 2.11. The van der Waals surface area contributed by atoms with Crippen LogP contribution in [0.2, 0.25) is 0 Å². The van der Waals surface area contributed by atoms with Crippen molar-refractivity contribution in [1.29, 1.82) is 0 Å². The number of alkyl halides is 1. The van der Waals surface area contributed by atoms with Crippen LogP contribution in [-0.4, -0.2) is 23.6 Å². The van der Waals surface area contributed by atoms with Crippen LogP contribution in [0.3, 0.4) is 0 Å². The van der Waals surface area contributed by atoms with Crippen molar-refractivity contribution in [3.8, 4) is 0 Å². The van der Waals surface area contributed by atoms with Crippen molar-refractivity contribution >= 4 is 22.0 Å². The highest BCUT2D eigenvalue weighted by atomic mass is 79.9. The molecule has 4 heteroatoms. The van der Waals surface area contributed by atoms with Crippen molar-refractivity contribution in [2.24, 2.45) is 0 Å². The van der Waals surface area contributed by atoms with E-state index in [9.17, 15) is 4.79 Å². The number of hydrogen-bond donors (Lipinski definition) is 1. The van der Waals surface area contributed by atoms with Gasteiger partial charge in [-0.15, -0.1) is 0 Å². The molecule has 0 bridgehead atoms. The van der Waals surface area contributed by atoms with Crippen LogP contribution < -0.4 is 5.32 Å². The molecule has 1 fully saturated rings. The highest BCUT2D eigenvalue weighted by Gasteiger charge is 2.23. The van der Waals surface area contributed by atoms with E-state index in [-0.39, 0.29) is 17.0 Å². The third kappa shape index (κ3) is 1.58. The quantitative estimate of drug-likeness (QED) is 0.581. The molecular formula is C5H8BrNO2. The van der Waals surface area contributed by atoms with E-state index in [1.165, 1.54) is 0 Å². The summed E-state index contributed by atoms with van der Waals surface area (Å²) in [6, 6.07) is 0. The van der Waals surface area contributed by atoms with Gasteiger partial charge in [0, 0.05) is 6.54 Å². The summed E-state index contributed by atoms with van der Waals surface area (Å²) in [6.07, 6.45) is -0.336. The van der Waals surface area contributed by atoms with E-state index in [1.54, 1.807) is 0 Å². The van der Waals surface area contributed by atoms with Crippen LogP contribution in [0.5, 0.6) is 0 Å². The summed E-state index contributed by atoms with van der Waals surface area (Å²) in [5, 5.41) is 2.55. The second kappa shape index (κ2) is 2.56. The molecule has 0 aliphatic carbocycles. The van der Waals surface area contributed by atoms with Gasteiger partial charge in [0.05, 0.1) is 4.83 Å². The van der Waals surface area contributed by atoms with Crippen LogP contribution in [0.1, 0.15) is 6.92 Å². The molecular weight excluding hydrogens is 186 g/mol. The summed E-state index contributed by atoms with van der Waals surface area (Å²) in [7, 11) is 0. The number of carbonyl (C=O) groups is 1. The number of ether oxygens (including phenoxy) is 1. The van der Waals surface area contributed by atoms with Gasteiger partial charge in [-0.1, -0.05) is 15.9 Å². The molecule has 1 heterocycles. The molecule has 0 radical (unpaired) electrons. The zero-order valence-electron chi connectivity index (χ0n) is 5.06. The molecule has 1 rings (SSSR count). The number of alkyl carbamates (subject to hydrolysis) is 1. The molecule has 3 nitrogen and oxygen atoms in total. The van der Waals surface area contributed by atoms with Gasteiger partial charge in [0.15, 0.2) is 0 Å². The molecule has 0 aromatic heterocycles. The number of halogens is 1. The Hall–Kier alpha value is -0.250. The zero-order chi connectivity index (χ0) is 6.85. The highest BCUT2D eigenvalue weighted by molar-refractivity contribution is 9.09. The van der Waals surface area contributed by atoms with E-state index in [1.807, 2.05) is 6.92 Å². The molecule has 0 aromatic carbocycles. The molecule has 52 valence electrons. The second-order valence-electron chi connectivity index (χ2n) is 2.01. The van der Waals surface area contributed by atoms with Crippen molar-refractivity contribution in [3.05, 3.63) is 0 Å². The first-order valence-corrected chi connectivity index (χ1v) is 3.70. The average Bonchev–Trinajstić information content (AvgIpc) is 1.80. The molecule has 1 aliphatic heterocycles. The predicted octanol–water partition coefficient (Wildman–Crippen LogP) is 0.878. The monoisotopic (exact) mass is 193 g/mol. The Morgan fingerprint density at radius 1 is 1.89 bits per heavy atom. The van der Waals surface area contributed by atoms with Crippen molar-refractivity contribution in [1.82, 2.24) is 5.32 Å². The summed E-state index contributed by atoms with van der Waals surface area (Å²) in [4.78, 5) is 10.7. The predicted molar refractivity (Wildman–Crippen MR) is 36.7 cm³/mol. The van der Waals surface area contributed by atoms with Gasteiger partial charge < -0.3 is 10.1 Å². The summed E-state index contributed by atoms with van der Waals surface area (Å²) in [5.41, 5.74) is 0. The first-order chi connectivity index (χ1) is 4.20. The van der Waals surface area contributed by atoms with Gasteiger partial charge in [0.2, 0.25) is 0 Å². The minimum absolute atomic E-state index is 0.0150.